The molecule has 7 nitrogen and oxygen atoms in total. The number of halogens is 1. The topological polar surface area (TPSA) is 95.6 Å². The lowest BCUT2D eigenvalue weighted by Crippen LogP contribution is -2.54. The Hall–Kier alpha value is -2.00. The fourth-order valence-electron chi connectivity index (χ4n) is 4.30. The van der Waals surface area contributed by atoms with Gasteiger partial charge in [-0.05, 0) is 55.9 Å². The molecule has 0 aromatic heterocycles. The van der Waals surface area contributed by atoms with Gasteiger partial charge in [0.15, 0.2) is 0 Å². The van der Waals surface area contributed by atoms with Crippen molar-refractivity contribution in [3.63, 3.8) is 0 Å². The van der Waals surface area contributed by atoms with E-state index in [2.05, 4.69) is 10.6 Å². The third kappa shape index (κ3) is 5.83. The fourth-order valence-corrected chi connectivity index (χ4v) is 5.82. The molecule has 2 atom stereocenters. The molecule has 1 aromatic rings. The number of nitrogens with zero attached hydrogens (tertiary/aromatic N) is 1. The van der Waals surface area contributed by atoms with Gasteiger partial charge in [-0.2, -0.15) is 4.31 Å². The summed E-state index contributed by atoms with van der Waals surface area (Å²) in [7, 11) is -3.81. The largest absolute Gasteiger partial charge is 0.352 e. The molecule has 2 aliphatic rings. The number of sulfonamides is 1. The number of benzene rings is 1. The van der Waals surface area contributed by atoms with Crippen LogP contribution in [-0.2, 0) is 19.6 Å². The van der Waals surface area contributed by atoms with E-state index >= 15 is 0 Å². The Kier molecular flexibility index (Phi) is 7.69. The molecule has 0 radical (unpaired) electrons. The van der Waals surface area contributed by atoms with Gasteiger partial charge in [0.25, 0.3) is 0 Å². The van der Waals surface area contributed by atoms with Gasteiger partial charge in [-0.25, -0.2) is 12.8 Å². The van der Waals surface area contributed by atoms with Gasteiger partial charge in [-0.1, -0.05) is 26.7 Å². The van der Waals surface area contributed by atoms with E-state index in [-0.39, 0.29) is 35.2 Å². The molecular formula is C22H32FN3O4S. The number of hydrogen-bond acceptors (Lipinski definition) is 4. The van der Waals surface area contributed by atoms with Crippen molar-refractivity contribution in [2.24, 2.45) is 11.8 Å². The SMILES string of the molecule is CC(C)[C@@H](NC(=O)C1CCCN(S(=O)(=O)c2ccc(F)cc2)C1)C(=O)NC1CCCC1. The summed E-state index contributed by atoms with van der Waals surface area (Å²) in [6.07, 6.45) is 5.22. The quantitative estimate of drug-likeness (QED) is 0.663. The van der Waals surface area contributed by atoms with Crippen LogP contribution in [0.2, 0.25) is 0 Å². The number of nitrogens with one attached hydrogen (secondary N) is 2. The normalized spacial score (nSPS) is 21.7. The third-order valence-electron chi connectivity index (χ3n) is 6.15. The van der Waals surface area contributed by atoms with E-state index in [0.29, 0.717) is 19.4 Å². The second-order valence-corrected chi connectivity index (χ2v) is 10.8. The average molecular weight is 454 g/mol. The lowest BCUT2D eigenvalue weighted by molar-refractivity contribution is -0.133. The summed E-state index contributed by atoms with van der Waals surface area (Å²) in [5.74, 6) is -1.62. The van der Waals surface area contributed by atoms with Crippen molar-refractivity contribution in [2.75, 3.05) is 13.1 Å². The van der Waals surface area contributed by atoms with Crippen LogP contribution in [0.3, 0.4) is 0 Å². The second kappa shape index (κ2) is 10.1. The van der Waals surface area contributed by atoms with E-state index in [4.69, 9.17) is 0 Å². The van der Waals surface area contributed by atoms with Gasteiger partial charge in [0.2, 0.25) is 21.8 Å². The van der Waals surface area contributed by atoms with Gasteiger partial charge in [0.05, 0.1) is 10.8 Å². The summed E-state index contributed by atoms with van der Waals surface area (Å²) < 4.78 is 40.3. The maximum absolute atomic E-state index is 13.2. The van der Waals surface area contributed by atoms with Crippen LogP contribution < -0.4 is 10.6 Å². The molecule has 2 N–H and O–H groups in total. The number of carbonyl (C=O) groups is 2. The van der Waals surface area contributed by atoms with Gasteiger partial charge in [-0.15, -0.1) is 0 Å². The van der Waals surface area contributed by atoms with Crippen LogP contribution in [0.15, 0.2) is 29.2 Å². The summed E-state index contributed by atoms with van der Waals surface area (Å²) in [5, 5.41) is 5.89. The maximum atomic E-state index is 13.2. The number of amides is 2. The first-order chi connectivity index (χ1) is 14.7. The molecule has 31 heavy (non-hydrogen) atoms. The summed E-state index contributed by atoms with van der Waals surface area (Å²) in [6, 6.07) is 4.19. The Labute approximate surface area is 183 Å². The molecule has 0 bridgehead atoms. The van der Waals surface area contributed by atoms with Gasteiger partial charge in [0.1, 0.15) is 11.9 Å². The van der Waals surface area contributed by atoms with Gasteiger partial charge in [0, 0.05) is 19.1 Å². The number of rotatable bonds is 7. The minimum Gasteiger partial charge on any atom is -0.352 e. The predicted molar refractivity (Wildman–Crippen MR) is 115 cm³/mol. The lowest BCUT2D eigenvalue weighted by atomic mass is 9.96. The van der Waals surface area contributed by atoms with Crippen molar-refractivity contribution < 1.29 is 22.4 Å². The molecule has 1 saturated heterocycles. The number of hydrogen-bond donors (Lipinski definition) is 2. The van der Waals surface area contributed by atoms with Crippen molar-refractivity contribution in [1.82, 2.24) is 14.9 Å². The fraction of sp³-hybridized carbons (Fsp3) is 0.636. The first-order valence-electron chi connectivity index (χ1n) is 11.0. The molecule has 1 unspecified atom stereocenters. The Balaban J connectivity index is 1.64. The average Bonchev–Trinajstić information content (AvgIpc) is 3.25. The molecule has 1 heterocycles. The van der Waals surface area contributed by atoms with Crippen LogP contribution in [0, 0.1) is 17.7 Å². The monoisotopic (exact) mass is 453 g/mol. The van der Waals surface area contributed by atoms with E-state index in [1.54, 1.807) is 0 Å². The minimum absolute atomic E-state index is 0.00552. The molecule has 9 heteroatoms. The molecular weight excluding hydrogens is 421 g/mol. The Morgan fingerprint density at radius 3 is 2.32 bits per heavy atom. The number of carbonyl (C=O) groups excluding carboxylic acids is 2. The van der Waals surface area contributed by atoms with Gasteiger partial charge < -0.3 is 10.6 Å². The van der Waals surface area contributed by atoms with E-state index < -0.39 is 27.8 Å². The van der Waals surface area contributed by atoms with Crippen LogP contribution in [0.5, 0.6) is 0 Å². The standard InChI is InChI=1S/C22H32FN3O4S/c1-15(2)20(22(28)24-18-7-3-4-8-18)25-21(27)16-6-5-13-26(14-16)31(29,30)19-11-9-17(23)10-12-19/h9-12,15-16,18,20H,3-8,13-14H2,1-2H3,(H,24,28)(H,25,27)/t16?,20-/m1/s1. The van der Waals surface area contributed by atoms with Crippen molar-refractivity contribution in [3.8, 4) is 0 Å². The van der Waals surface area contributed by atoms with E-state index in [1.807, 2.05) is 13.8 Å². The molecule has 172 valence electrons. The van der Waals surface area contributed by atoms with Crippen LogP contribution in [0.4, 0.5) is 4.39 Å². The molecule has 0 spiro atoms. The zero-order valence-corrected chi connectivity index (χ0v) is 19.0. The molecule has 1 saturated carbocycles. The van der Waals surface area contributed by atoms with Crippen LogP contribution in [0.25, 0.3) is 0 Å². The molecule has 1 aliphatic carbocycles. The predicted octanol–water partition coefficient (Wildman–Crippen LogP) is 2.43. The van der Waals surface area contributed by atoms with Gasteiger partial charge in [-0.3, -0.25) is 9.59 Å². The van der Waals surface area contributed by atoms with Crippen LogP contribution in [-0.4, -0.2) is 49.7 Å². The molecule has 2 fully saturated rings. The minimum atomic E-state index is -3.81. The first kappa shape index (κ1) is 23.7. The summed E-state index contributed by atoms with van der Waals surface area (Å²) in [4.78, 5) is 25.7. The molecule has 1 aromatic carbocycles. The van der Waals surface area contributed by atoms with Crippen molar-refractivity contribution in [1.29, 1.82) is 0 Å². The second-order valence-electron chi connectivity index (χ2n) is 8.88. The Morgan fingerprint density at radius 1 is 1.06 bits per heavy atom. The summed E-state index contributed by atoms with van der Waals surface area (Å²) >= 11 is 0. The van der Waals surface area contributed by atoms with E-state index in [9.17, 15) is 22.4 Å². The van der Waals surface area contributed by atoms with E-state index in [1.165, 1.54) is 16.4 Å². The first-order valence-corrected chi connectivity index (χ1v) is 12.5. The molecule has 2 amide bonds. The Morgan fingerprint density at radius 2 is 1.71 bits per heavy atom. The van der Waals surface area contributed by atoms with Crippen molar-refractivity contribution in [3.05, 3.63) is 30.1 Å². The lowest BCUT2D eigenvalue weighted by Gasteiger charge is -2.32. The Bertz CT molecular complexity index is 883. The maximum Gasteiger partial charge on any atom is 0.243 e. The molecule has 1 aliphatic heterocycles. The third-order valence-corrected chi connectivity index (χ3v) is 8.03. The smallest absolute Gasteiger partial charge is 0.243 e. The van der Waals surface area contributed by atoms with Crippen molar-refractivity contribution in [2.45, 2.75) is 69.4 Å². The summed E-state index contributed by atoms with van der Waals surface area (Å²) in [6.45, 7) is 4.11. The zero-order chi connectivity index (χ0) is 22.6. The van der Waals surface area contributed by atoms with Crippen LogP contribution >= 0.6 is 0 Å². The highest BCUT2D eigenvalue weighted by Crippen LogP contribution is 2.24. The number of piperidine rings is 1. The van der Waals surface area contributed by atoms with E-state index in [0.717, 1.165) is 37.8 Å². The highest BCUT2D eigenvalue weighted by atomic mass is 32.2. The molecule has 3 rings (SSSR count). The highest BCUT2D eigenvalue weighted by molar-refractivity contribution is 7.89. The highest BCUT2D eigenvalue weighted by Gasteiger charge is 2.35. The van der Waals surface area contributed by atoms with Crippen LogP contribution in [0.1, 0.15) is 52.4 Å². The van der Waals surface area contributed by atoms with Gasteiger partial charge >= 0.3 is 0 Å². The van der Waals surface area contributed by atoms with Crippen molar-refractivity contribution >= 4 is 21.8 Å². The zero-order valence-electron chi connectivity index (χ0n) is 18.1. The summed E-state index contributed by atoms with van der Waals surface area (Å²) in [5.41, 5.74) is 0.